The Morgan fingerprint density at radius 1 is 1.11 bits per heavy atom. The standard InChI is InChI=1S/C15H25NO2/c1-11(2)16-10-12(3)8-13-6-7-14(17-4)9-15(13)18-5/h6-7,9,11-12,16H,8,10H2,1-5H3. The Morgan fingerprint density at radius 2 is 1.83 bits per heavy atom. The van der Waals surface area contributed by atoms with Crippen molar-refractivity contribution in [3.05, 3.63) is 23.8 Å². The van der Waals surface area contributed by atoms with Gasteiger partial charge in [0.15, 0.2) is 0 Å². The fraction of sp³-hybridized carbons (Fsp3) is 0.600. The second-order valence-corrected chi connectivity index (χ2v) is 5.05. The predicted octanol–water partition coefficient (Wildman–Crippen LogP) is 2.88. The minimum absolute atomic E-state index is 0.533. The smallest absolute Gasteiger partial charge is 0.125 e. The molecule has 3 heteroatoms. The molecule has 18 heavy (non-hydrogen) atoms. The first-order chi connectivity index (χ1) is 8.56. The molecule has 3 nitrogen and oxygen atoms in total. The first-order valence-electron chi connectivity index (χ1n) is 6.51. The third-order valence-corrected chi connectivity index (χ3v) is 2.94. The molecule has 1 unspecified atom stereocenters. The fourth-order valence-electron chi connectivity index (χ4n) is 1.90. The molecular weight excluding hydrogens is 226 g/mol. The molecule has 0 spiro atoms. The Bertz CT molecular complexity index is 364. The summed E-state index contributed by atoms with van der Waals surface area (Å²) in [6, 6.07) is 6.55. The van der Waals surface area contributed by atoms with Crippen molar-refractivity contribution in [3.8, 4) is 11.5 Å². The van der Waals surface area contributed by atoms with Crippen LogP contribution in [0.2, 0.25) is 0 Å². The highest BCUT2D eigenvalue weighted by Crippen LogP contribution is 2.26. The largest absolute Gasteiger partial charge is 0.497 e. The van der Waals surface area contributed by atoms with Crippen molar-refractivity contribution in [1.82, 2.24) is 5.32 Å². The molecule has 1 atom stereocenters. The molecule has 0 heterocycles. The Morgan fingerprint density at radius 3 is 2.39 bits per heavy atom. The summed E-state index contributed by atoms with van der Waals surface area (Å²) in [7, 11) is 3.37. The fourth-order valence-corrected chi connectivity index (χ4v) is 1.90. The predicted molar refractivity (Wildman–Crippen MR) is 75.6 cm³/mol. The molecule has 0 aliphatic rings. The highest BCUT2D eigenvalue weighted by Gasteiger charge is 2.10. The third-order valence-electron chi connectivity index (χ3n) is 2.94. The van der Waals surface area contributed by atoms with E-state index >= 15 is 0 Å². The maximum absolute atomic E-state index is 5.41. The van der Waals surface area contributed by atoms with E-state index in [-0.39, 0.29) is 0 Å². The van der Waals surface area contributed by atoms with Crippen LogP contribution in [-0.4, -0.2) is 26.8 Å². The van der Waals surface area contributed by atoms with Crippen molar-refractivity contribution in [2.75, 3.05) is 20.8 Å². The lowest BCUT2D eigenvalue weighted by molar-refractivity contribution is 0.387. The van der Waals surface area contributed by atoms with E-state index in [2.05, 4.69) is 32.2 Å². The average molecular weight is 251 g/mol. The molecule has 0 aromatic heterocycles. The zero-order valence-electron chi connectivity index (χ0n) is 12.1. The van der Waals surface area contributed by atoms with Crippen molar-refractivity contribution in [2.24, 2.45) is 5.92 Å². The number of hydrogen-bond donors (Lipinski definition) is 1. The van der Waals surface area contributed by atoms with Crippen molar-refractivity contribution < 1.29 is 9.47 Å². The van der Waals surface area contributed by atoms with E-state index in [0.717, 1.165) is 24.5 Å². The summed E-state index contributed by atoms with van der Waals surface area (Å²) in [5, 5.41) is 3.46. The highest BCUT2D eigenvalue weighted by atomic mass is 16.5. The number of hydrogen-bond acceptors (Lipinski definition) is 3. The topological polar surface area (TPSA) is 30.5 Å². The van der Waals surface area contributed by atoms with Crippen LogP contribution < -0.4 is 14.8 Å². The summed E-state index contributed by atoms with van der Waals surface area (Å²) >= 11 is 0. The number of nitrogens with one attached hydrogen (secondary N) is 1. The van der Waals surface area contributed by atoms with Gasteiger partial charge in [0.05, 0.1) is 14.2 Å². The lowest BCUT2D eigenvalue weighted by atomic mass is 10.00. The second kappa shape index (κ2) is 7.27. The van der Waals surface area contributed by atoms with Gasteiger partial charge in [-0.05, 0) is 30.5 Å². The SMILES string of the molecule is COc1ccc(CC(C)CNC(C)C)c(OC)c1. The molecule has 1 aromatic rings. The van der Waals surface area contributed by atoms with Crippen LogP contribution in [0.1, 0.15) is 26.3 Å². The Kier molecular flexibility index (Phi) is 5.99. The molecular formula is C15H25NO2. The van der Waals surface area contributed by atoms with Crippen LogP contribution in [0.25, 0.3) is 0 Å². The van der Waals surface area contributed by atoms with Gasteiger partial charge in [-0.15, -0.1) is 0 Å². The molecule has 0 aliphatic carbocycles. The quantitative estimate of drug-likeness (QED) is 0.808. The second-order valence-electron chi connectivity index (χ2n) is 5.05. The molecule has 0 fully saturated rings. The van der Waals surface area contributed by atoms with E-state index in [0.29, 0.717) is 12.0 Å². The van der Waals surface area contributed by atoms with E-state index in [1.807, 2.05) is 12.1 Å². The van der Waals surface area contributed by atoms with Crippen LogP contribution in [-0.2, 0) is 6.42 Å². The van der Waals surface area contributed by atoms with Crippen LogP contribution >= 0.6 is 0 Å². The molecule has 0 radical (unpaired) electrons. The summed E-state index contributed by atoms with van der Waals surface area (Å²) in [6.45, 7) is 7.60. The number of rotatable bonds is 7. The number of benzene rings is 1. The zero-order valence-corrected chi connectivity index (χ0v) is 12.1. The first kappa shape index (κ1) is 14.8. The van der Waals surface area contributed by atoms with Gasteiger partial charge in [-0.25, -0.2) is 0 Å². The highest BCUT2D eigenvalue weighted by molar-refractivity contribution is 5.40. The molecule has 0 bridgehead atoms. The summed E-state index contributed by atoms with van der Waals surface area (Å²) in [5.74, 6) is 2.32. The monoisotopic (exact) mass is 251 g/mol. The van der Waals surface area contributed by atoms with E-state index in [1.54, 1.807) is 14.2 Å². The Balaban J connectivity index is 2.65. The maximum atomic E-state index is 5.41. The van der Waals surface area contributed by atoms with Crippen molar-refractivity contribution in [1.29, 1.82) is 0 Å². The lowest BCUT2D eigenvalue weighted by Gasteiger charge is -2.17. The molecule has 0 aliphatic heterocycles. The molecule has 0 saturated heterocycles. The molecule has 0 saturated carbocycles. The maximum Gasteiger partial charge on any atom is 0.125 e. The van der Waals surface area contributed by atoms with Crippen molar-refractivity contribution >= 4 is 0 Å². The van der Waals surface area contributed by atoms with E-state index in [1.165, 1.54) is 5.56 Å². The third kappa shape index (κ3) is 4.57. The van der Waals surface area contributed by atoms with Gasteiger partial charge in [-0.2, -0.15) is 0 Å². The summed E-state index contributed by atoms with van der Waals surface area (Å²) in [4.78, 5) is 0. The van der Waals surface area contributed by atoms with Gasteiger partial charge < -0.3 is 14.8 Å². The van der Waals surface area contributed by atoms with Crippen LogP contribution in [0.5, 0.6) is 11.5 Å². The summed E-state index contributed by atoms with van der Waals surface area (Å²) in [5.41, 5.74) is 1.23. The minimum atomic E-state index is 0.533. The average Bonchev–Trinajstić information content (AvgIpc) is 2.36. The van der Waals surface area contributed by atoms with Crippen molar-refractivity contribution in [2.45, 2.75) is 33.2 Å². The van der Waals surface area contributed by atoms with Crippen LogP contribution in [0, 0.1) is 5.92 Å². The van der Waals surface area contributed by atoms with E-state index in [4.69, 9.17) is 9.47 Å². The van der Waals surface area contributed by atoms with Gasteiger partial charge in [-0.3, -0.25) is 0 Å². The van der Waals surface area contributed by atoms with Crippen molar-refractivity contribution in [3.63, 3.8) is 0 Å². The van der Waals surface area contributed by atoms with Gasteiger partial charge in [0, 0.05) is 12.1 Å². The summed E-state index contributed by atoms with van der Waals surface area (Å²) < 4.78 is 10.6. The van der Waals surface area contributed by atoms with E-state index < -0.39 is 0 Å². The van der Waals surface area contributed by atoms with Gasteiger partial charge in [0.1, 0.15) is 11.5 Å². The number of methoxy groups -OCH3 is 2. The first-order valence-corrected chi connectivity index (χ1v) is 6.51. The Hall–Kier alpha value is -1.22. The number of ether oxygens (including phenoxy) is 2. The Labute approximate surface area is 110 Å². The normalized spacial score (nSPS) is 12.6. The molecule has 1 N–H and O–H groups in total. The van der Waals surface area contributed by atoms with Gasteiger partial charge >= 0.3 is 0 Å². The van der Waals surface area contributed by atoms with Gasteiger partial charge in [-0.1, -0.05) is 26.8 Å². The lowest BCUT2D eigenvalue weighted by Crippen LogP contribution is -2.28. The van der Waals surface area contributed by atoms with Gasteiger partial charge in [0.2, 0.25) is 0 Å². The van der Waals surface area contributed by atoms with Gasteiger partial charge in [0.25, 0.3) is 0 Å². The van der Waals surface area contributed by atoms with E-state index in [9.17, 15) is 0 Å². The zero-order chi connectivity index (χ0) is 13.5. The van der Waals surface area contributed by atoms with Crippen LogP contribution in [0.4, 0.5) is 0 Å². The van der Waals surface area contributed by atoms with Crippen LogP contribution in [0.15, 0.2) is 18.2 Å². The molecule has 0 amide bonds. The molecule has 1 aromatic carbocycles. The summed E-state index contributed by atoms with van der Waals surface area (Å²) in [6.07, 6.45) is 1.01. The molecule has 102 valence electrons. The molecule has 1 rings (SSSR count). The minimum Gasteiger partial charge on any atom is -0.497 e. The van der Waals surface area contributed by atoms with Crippen LogP contribution in [0.3, 0.4) is 0 Å².